The van der Waals surface area contributed by atoms with E-state index in [0.717, 1.165) is 28.4 Å². The molecular weight excluding hydrogens is 494 g/mol. The van der Waals surface area contributed by atoms with Gasteiger partial charge in [-0.2, -0.15) is 18.3 Å². The average Bonchev–Trinajstić information content (AvgIpc) is 3.41. The van der Waals surface area contributed by atoms with E-state index >= 15 is 0 Å². The number of halogens is 4. The number of benzene rings is 3. The maximum absolute atomic E-state index is 14.1. The van der Waals surface area contributed by atoms with Gasteiger partial charge in [-0.15, -0.1) is 0 Å². The molecule has 0 aliphatic rings. The van der Waals surface area contributed by atoms with Gasteiger partial charge in [0.25, 0.3) is 0 Å². The largest absolute Gasteiger partial charge is 0.490 e. The van der Waals surface area contributed by atoms with Crippen LogP contribution in [0.25, 0.3) is 38.8 Å². The van der Waals surface area contributed by atoms with Crippen LogP contribution in [-0.4, -0.2) is 43.1 Å². The van der Waals surface area contributed by atoms with E-state index in [0.29, 0.717) is 29.9 Å². The number of alkyl halides is 3. The van der Waals surface area contributed by atoms with Crippen molar-refractivity contribution < 1.29 is 27.5 Å². The molecule has 3 aromatic carbocycles. The van der Waals surface area contributed by atoms with Gasteiger partial charge >= 0.3 is 17.8 Å². The highest BCUT2D eigenvalue weighted by atomic mass is 19.4. The second-order valence-corrected chi connectivity index (χ2v) is 8.03. The zero-order valence-electron chi connectivity index (χ0n) is 19.2. The Morgan fingerprint density at radius 3 is 2.46 bits per heavy atom. The third-order valence-corrected chi connectivity index (χ3v) is 5.61. The molecular formula is C25H21F4N5O3. The molecule has 0 unspecified atom stereocenters. The van der Waals surface area contributed by atoms with Crippen LogP contribution in [0.2, 0.25) is 0 Å². The molecule has 12 heteroatoms. The Bertz CT molecular complexity index is 1630. The summed E-state index contributed by atoms with van der Waals surface area (Å²) in [6.45, 7) is 1.25. The number of carbonyl (C=O) groups is 1. The number of rotatable bonds is 5. The normalized spacial score (nSPS) is 11.5. The zero-order valence-corrected chi connectivity index (χ0v) is 19.2. The summed E-state index contributed by atoms with van der Waals surface area (Å²) >= 11 is 0. The van der Waals surface area contributed by atoms with Crippen molar-refractivity contribution in [3.63, 3.8) is 0 Å². The van der Waals surface area contributed by atoms with Crippen molar-refractivity contribution >= 4 is 27.6 Å². The van der Waals surface area contributed by atoms with Crippen molar-refractivity contribution in [2.24, 2.45) is 5.73 Å². The Morgan fingerprint density at radius 1 is 1.05 bits per heavy atom. The van der Waals surface area contributed by atoms with Gasteiger partial charge in [-0.1, -0.05) is 36.4 Å². The van der Waals surface area contributed by atoms with Crippen LogP contribution in [0.5, 0.6) is 0 Å². The van der Waals surface area contributed by atoms with Crippen LogP contribution in [0.1, 0.15) is 6.42 Å². The molecule has 0 aliphatic heterocycles. The van der Waals surface area contributed by atoms with Gasteiger partial charge in [-0.25, -0.2) is 23.6 Å². The second-order valence-electron chi connectivity index (χ2n) is 8.03. The number of aryl methyl sites for hydroxylation is 1. The molecule has 0 spiro atoms. The summed E-state index contributed by atoms with van der Waals surface area (Å²) in [6.07, 6.45) is -2.38. The fourth-order valence-electron chi connectivity index (χ4n) is 4.00. The van der Waals surface area contributed by atoms with Gasteiger partial charge < -0.3 is 15.4 Å². The second kappa shape index (κ2) is 10.3. The lowest BCUT2D eigenvalue weighted by molar-refractivity contribution is -0.192. The zero-order chi connectivity index (χ0) is 26.7. The first-order valence-corrected chi connectivity index (χ1v) is 11.1. The molecule has 0 fully saturated rings. The minimum Gasteiger partial charge on any atom is -0.475 e. The molecule has 4 N–H and O–H groups in total. The molecule has 0 atom stereocenters. The van der Waals surface area contributed by atoms with Gasteiger partial charge in [0, 0.05) is 34.6 Å². The highest BCUT2D eigenvalue weighted by molar-refractivity contribution is 5.96. The minimum atomic E-state index is -5.08. The third-order valence-electron chi connectivity index (χ3n) is 5.61. The van der Waals surface area contributed by atoms with Crippen molar-refractivity contribution in [1.29, 1.82) is 0 Å². The number of carboxylic acid groups (broad SMARTS) is 1. The van der Waals surface area contributed by atoms with E-state index in [9.17, 15) is 22.4 Å². The topological polar surface area (TPSA) is 119 Å². The molecule has 0 aliphatic carbocycles. The van der Waals surface area contributed by atoms with Crippen molar-refractivity contribution in [1.82, 2.24) is 19.3 Å². The first-order valence-electron chi connectivity index (χ1n) is 11.1. The number of hydrogen-bond acceptors (Lipinski definition) is 4. The standard InChI is InChI=1S/C23H20FN5O.C2HF3O2/c24-16-9-10-20-18(13-16)19(14-28(20)12-4-11-25)22-26-27-23(30)29(22)21-8-3-6-15-5-1-2-7-17(15)21;3-2(4,5)1(6)7/h1-3,5-10,13-14H,4,11-12,25H2,(H,27,30);(H,6,7). The molecule has 5 rings (SSSR count). The summed E-state index contributed by atoms with van der Waals surface area (Å²) in [7, 11) is 0. The SMILES string of the molecule is NCCCn1cc(-c2n[nH]c(=O)n2-c2cccc3ccccc23)c2cc(F)ccc21.O=C(O)C(F)(F)F. The van der Waals surface area contributed by atoms with Gasteiger partial charge in [0.15, 0.2) is 5.82 Å². The number of aromatic amines is 1. The van der Waals surface area contributed by atoms with E-state index in [1.54, 1.807) is 10.6 Å². The first kappa shape index (κ1) is 25.6. The van der Waals surface area contributed by atoms with Crippen LogP contribution < -0.4 is 11.4 Å². The van der Waals surface area contributed by atoms with E-state index in [4.69, 9.17) is 15.6 Å². The van der Waals surface area contributed by atoms with Crippen LogP contribution >= 0.6 is 0 Å². The van der Waals surface area contributed by atoms with E-state index in [2.05, 4.69) is 10.2 Å². The van der Waals surface area contributed by atoms with E-state index in [1.165, 1.54) is 12.1 Å². The number of aromatic nitrogens is 4. The van der Waals surface area contributed by atoms with Gasteiger partial charge in [0.1, 0.15) is 5.82 Å². The molecule has 5 aromatic rings. The van der Waals surface area contributed by atoms with Gasteiger partial charge in [0.2, 0.25) is 0 Å². The molecule has 0 amide bonds. The maximum Gasteiger partial charge on any atom is 0.490 e. The number of nitrogens with zero attached hydrogens (tertiary/aromatic N) is 3. The van der Waals surface area contributed by atoms with Crippen molar-refractivity contribution in [2.45, 2.75) is 19.1 Å². The molecule has 37 heavy (non-hydrogen) atoms. The lowest BCUT2D eigenvalue weighted by Gasteiger charge is -2.09. The van der Waals surface area contributed by atoms with E-state index < -0.39 is 12.1 Å². The number of nitrogens with two attached hydrogens (primary N) is 1. The summed E-state index contributed by atoms with van der Waals surface area (Å²) in [6, 6.07) is 18.3. The molecule has 0 saturated carbocycles. The van der Waals surface area contributed by atoms with Crippen LogP contribution in [0, 0.1) is 5.82 Å². The smallest absolute Gasteiger partial charge is 0.475 e. The van der Waals surface area contributed by atoms with E-state index in [-0.39, 0.29) is 11.5 Å². The van der Waals surface area contributed by atoms with E-state index in [1.807, 2.05) is 53.2 Å². The Hall–Kier alpha value is -4.45. The Balaban J connectivity index is 0.000000405. The number of carboxylic acids is 1. The van der Waals surface area contributed by atoms with Gasteiger partial charge in [-0.05, 0) is 42.6 Å². The van der Waals surface area contributed by atoms with Crippen LogP contribution in [0.4, 0.5) is 17.6 Å². The Kier molecular flexibility index (Phi) is 7.11. The minimum absolute atomic E-state index is 0.338. The molecule has 0 saturated heterocycles. The summed E-state index contributed by atoms with van der Waals surface area (Å²) in [4.78, 5) is 21.7. The van der Waals surface area contributed by atoms with Gasteiger partial charge in [0.05, 0.1) is 5.69 Å². The van der Waals surface area contributed by atoms with Crippen molar-refractivity contribution in [2.75, 3.05) is 6.54 Å². The van der Waals surface area contributed by atoms with Crippen LogP contribution in [0.3, 0.4) is 0 Å². The average molecular weight is 515 g/mol. The summed E-state index contributed by atoms with van der Waals surface area (Å²) in [5.41, 5.74) is 7.62. The van der Waals surface area contributed by atoms with Gasteiger partial charge in [-0.3, -0.25) is 0 Å². The fourth-order valence-corrected chi connectivity index (χ4v) is 4.00. The number of fused-ring (bicyclic) bond motifs is 2. The molecule has 0 bridgehead atoms. The lowest BCUT2D eigenvalue weighted by Crippen LogP contribution is -2.21. The number of hydrogen-bond donors (Lipinski definition) is 3. The molecule has 8 nitrogen and oxygen atoms in total. The van der Waals surface area contributed by atoms with Crippen LogP contribution in [0.15, 0.2) is 71.7 Å². The van der Waals surface area contributed by atoms with Crippen LogP contribution in [-0.2, 0) is 11.3 Å². The predicted octanol–water partition coefficient (Wildman–Crippen LogP) is 4.46. The summed E-state index contributed by atoms with van der Waals surface area (Å²) in [5.74, 6) is -2.65. The number of aliphatic carboxylic acids is 1. The monoisotopic (exact) mass is 515 g/mol. The highest BCUT2D eigenvalue weighted by Crippen LogP contribution is 2.32. The molecule has 2 heterocycles. The molecule has 192 valence electrons. The third kappa shape index (κ3) is 5.23. The Morgan fingerprint density at radius 2 is 1.76 bits per heavy atom. The number of H-pyrrole nitrogens is 1. The molecule has 0 radical (unpaired) electrons. The first-order chi connectivity index (χ1) is 17.6. The quantitative estimate of drug-likeness (QED) is 0.299. The van der Waals surface area contributed by atoms with Crippen molar-refractivity contribution in [3.8, 4) is 17.1 Å². The van der Waals surface area contributed by atoms with Crippen molar-refractivity contribution in [3.05, 3.63) is 83.2 Å². The molecule has 2 aromatic heterocycles. The fraction of sp³-hybridized carbons (Fsp3) is 0.160. The maximum atomic E-state index is 14.1. The number of nitrogens with one attached hydrogen (secondary N) is 1. The highest BCUT2D eigenvalue weighted by Gasteiger charge is 2.38. The Labute approximate surface area is 206 Å². The predicted molar refractivity (Wildman–Crippen MR) is 130 cm³/mol. The summed E-state index contributed by atoms with van der Waals surface area (Å²) in [5, 5.41) is 16.7. The summed E-state index contributed by atoms with van der Waals surface area (Å²) < 4.78 is 49.4. The lowest BCUT2D eigenvalue weighted by atomic mass is 10.1.